The highest BCUT2D eigenvalue weighted by molar-refractivity contribution is 5.81. The summed E-state index contributed by atoms with van der Waals surface area (Å²) in [6.07, 6.45) is 1.66. The lowest BCUT2D eigenvalue weighted by atomic mass is 9.84. The lowest BCUT2D eigenvalue weighted by Crippen LogP contribution is -2.28. The number of pyridine rings is 2. The fourth-order valence-corrected chi connectivity index (χ4v) is 3.47. The molecule has 0 atom stereocenters. The number of aromatic nitrogens is 2. The number of hydrogen-bond donors (Lipinski definition) is 2. The summed E-state index contributed by atoms with van der Waals surface area (Å²) in [6.45, 7) is 7.37. The molecule has 6 heteroatoms. The number of aliphatic carboxylic acids is 1. The summed E-state index contributed by atoms with van der Waals surface area (Å²) in [7, 11) is 0. The number of ether oxygens (including phenoxy) is 1. The van der Waals surface area contributed by atoms with Gasteiger partial charge in [0.1, 0.15) is 17.3 Å². The number of aryl methyl sites for hydroxylation is 2. The number of carboxylic acid groups (broad SMARTS) is 1. The smallest absolute Gasteiger partial charge is 0.313 e. The molecule has 2 aromatic heterocycles. The largest absolute Gasteiger partial charge is 0.481 e. The fraction of sp³-hybridized carbons (Fsp3) is 0.179. The zero-order valence-corrected chi connectivity index (χ0v) is 19.7. The van der Waals surface area contributed by atoms with E-state index in [1.165, 1.54) is 5.56 Å². The highest BCUT2D eigenvalue weighted by atomic mass is 16.5. The molecule has 172 valence electrons. The number of carboxylic acids is 1. The van der Waals surface area contributed by atoms with Crippen molar-refractivity contribution in [2.75, 3.05) is 5.32 Å². The molecule has 4 aromatic rings. The number of hydrogen-bond acceptors (Lipinski definition) is 5. The van der Waals surface area contributed by atoms with Gasteiger partial charge >= 0.3 is 5.97 Å². The van der Waals surface area contributed by atoms with Crippen molar-refractivity contribution < 1.29 is 14.6 Å². The van der Waals surface area contributed by atoms with Gasteiger partial charge < -0.3 is 15.2 Å². The van der Waals surface area contributed by atoms with E-state index in [1.807, 2.05) is 55.5 Å². The fourth-order valence-electron chi connectivity index (χ4n) is 3.47. The van der Waals surface area contributed by atoms with Crippen molar-refractivity contribution in [2.24, 2.45) is 0 Å². The first-order valence-electron chi connectivity index (χ1n) is 11.0. The minimum atomic E-state index is -0.999. The number of anilines is 2. The predicted octanol–water partition coefficient (Wildman–Crippen LogP) is 6.66. The molecule has 2 N–H and O–H groups in total. The van der Waals surface area contributed by atoms with Gasteiger partial charge in [-0.05, 0) is 63.6 Å². The Hall–Kier alpha value is -4.19. The van der Waals surface area contributed by atoms with Crippen molar-refractivity contribution >= 4 is 17.5 Å². The van der Waals surface area contributed by atoms with Gasteiger partial charge in [0.05, 0.1) is 5.41 Å². The highest BCUT2D eigenvalue weighted by Crippen LogP contribution is 2.33. The molecule has 0 fully saturated rings. The maximum absolute atomic E-state index is 11.6. The van der Waals surface area contributed by atoms with E-state index in [2.05, 4.69) is 29.4 Å². The van der Waals surface area contributed by atoms with Gasteiger partial charge in [-0.25, -0.2) is 9.97 Å². The van der Waals surface area contributed by atoms with Crippen LogP contribution >= 0.6 is 0 Å². The second kappa shape index (κ2) is 9.35. The minimum Gasteiger partial charge on any atom is -0.481 e. The molecule has 6 nitrogen and oxygen atoms in total. The molecule has 0 aliphatic carbocycles. The van der Waals surface area contributed by atoms with Crippen molar-refractivity contribution in [3.8, 4) is 22.8 Å². The second-order valence-corrected chi connectivity index (χ2v) is 8.78. The predicted molar refractivity (Wildman–Crippen MR) is 134 cm³/mol. The average Bonchev–Trinajstić information content (AvgIpc) is 2.81. The first-order chi connectivity index (χ1) is 16.2. The summed E-state index contributed by atoms with van der Waals surface area (Å²) in [5.74, 6) is 0.962. The van der Waals surface area contributed by atoms with Crippen molar-refractivity contribution in [3.63, 3.8) is 0 Å². The van der Waals surface area contributed by atoms with Crippen LogP contribution in [-0.2, 0) is 10.2 Å². The van der Waals surface area contributed by atoms with E-state index >= 15 is 0 Å². The summed E-state index contributed by atoms with van der Waals surface area (Å²) in [5.41, 5.74) is 4.29. The van der Waals surface area contributed by atoms with Crippen LogP contribution < -0.4 is 10.1 Å². The lowest BCUT2D eigenvalue weighted by Gasteiger charge is -2.20. The van der Waals surface area contributed by atoms with Crippen LogP contribution in [0.2, 0.25) is 0 Å². The Morgan fingerprint density at radius 1 is 0.971 bits per heavy atom. The SMILES string of the molecule is Cc1ccc(-c2nc(C)ccc2Oc2ccnc(Nc3cccc(C(C)(C)C(=O)O)c3)c2)cc1. The molecule has 0 saturated heterocycles. The molecule has 0 saturated carbocycles. The van der Waals surface area contributed by atoms with Gasteiger partial charge in [0.2, 0.25) is 0 Å². The summed E-state index contributed by atoms with van der Waals surface area (Å²) < 4.78 is 6.22. The third-order valence-corrected chi connectivity index (χ3v) is 5.67. The van der Waals surface area contributed by atoms with Crippen LogP contribution in [-0.4, -0.2) is 21.0 Å². The normalized spacial score (nSPS) is 11.2. The van der Waals surface area contributed by atoms with Gasteiger partial charge in [-0.1, -0.05) is 42.0 Å². The minimum absolute atomic E-state index is 0.583. The summed E-state index contributed by atoms with van der Waals surface area (Å²) in [6, 6.07) is 22.9. The van der Waals surface area contributed by atoms with Gasteiger partial charge in [-0.15, -0.1) is 0 Å². The zero-order chi connectivity index (χ0) is 24.3. The molecule has 0 unspecified atom stereocenters. The van der Waals surface area contributed by atoms with Crippen LogP contribution in [0.4, 0.5) is 11.5 Å². The Balaban J connectivity index is 1.59. The van der Waals surface area contributed by atoms with E-state index in [4.69, 9.17) is 9.72 Å². The maximum Gasteiger partial charge on any atom is 0.313 e. The molecule has 0 radical (unpaired) electrons. The Morgan fingerprint density at radius 3 is 2.47 bits per heavy atom. The molecule has 0 spiro atoms. The first-order valence-corrected chi connectivity index (χ1v) is 11.0. The summed E-state index contributed by atoms with van der Waals surface area (Å²) >= 11 is 0. The van der Waals surface area contributed by atoms with E-state index in [9.17, 15) is 9.90 Å². The average molecular weight is 454 g/mol. The quantitative estimate of drug-likeness (QED) is 0.326. The third-order valence-electron chi connectivity index (χ3n) is 5.67. The lowest BCUT2D eigenvalue weighted by molar-refractivity contribution is -0.142. The molecular weight excluding hydrogens is 426 g/mol. The second-order valence-electron chi connectivity index (χ2n) is 8.78. The Kier molecular flexibility index (Phi) is 6.32. The topological polar surface area (TPSA) is 84.3 Å². The van der Waals surface area contributed by atoms with E-state index in [0.717, 1.165) is 22.6 Å². The third kappa shape index (κ3) is 5.07. The Labute approximate surface area is 199 Å². The summed E-state index contributed by atoms with van der Waals surface area (Å²) in [4.78, 5) is 20.7. The number of benzene rings is 2. The zero-order valence-electron chi connectivity index (χ0n) is 19.7. The van der Waals surface area contributed by atoms with E-state index in [1.54, 1.807) is 32.2 Å². The number of carbonyl (C=O) groups is 1. The Morgan fingerprint density at radius 2 is 1.74 bits per heavy atom. The van der Waals surface area contributed by atoms with Crippen molar-refractivity contribution in [3.05, 3.63) is 95.8 Å². The van der Waals surface area contributed by atoms with E-state index in [-0.39, 0.29) is 0 Å². The van der Waals surface area contributed by atoms with Crippen LogP contribution in [0.1, 0.15) is 30.7 Å². The van der Waals surface area contributed by atoms with Crippen LogP contribution in [0.25, 0.3) is 11.3 Å². The van der Waals surface area contributed by atoms with Gasteiger partial charge in [-0.2, -0.15) is 0 Å². The highest BCUT2D eigenvalue weighted by Gasteiger charge is 2.29. The van der Waals surface area contributed by atoms with Crippen molar-refractivity contribution in [2.45, 2.75) is 33.1 Å². The van der Waals surface area contributed by atoms with Crippen molar-refractivity contribution in [1.29, 1.82) is 0 Å². The molecule has 0 aliphatic rings. The van der Waals surface area contributed by atoms with Crippen LogP contribution in [0, 0.1) is 13.8 Å². The Bertz CT molecular complexity index is 1330. The van der Waals surface area contributed by atoms with E-state index < -0.39 is 11.4 Å². The monoisotopic (exact) mass is 453 g/mol. The van der Waals surface area contributed by atoms with Crippen LogP contribution in [0.15, 0.2) is 79.0 Å². The molecule has 2 aromatic carbocycles. The maximum atomic E-state index is 11.6. The van der Waals surface area contributed by atoms with Crippen LogP contribution in [0.5, 0.6) is 11.5 Å². The van der Waals surface area contributed by atoms with Gasteiger partial charge in [0.25, 0.3) is 0 Å². The summed E-state index contributed by atoms with van der Waals surface area (Å²) in [5, 5.41) is 12.8. The van der Waals surface area contributed by atoms with Gasteiger partial charge in [0, 0.05) is 29.2 Å². The van der Waals surface area contributed by atoms with E-state index in [0.29, 0.717) is 22.9 Å². The molecular formula is C28H27N3O3. The molecule has 0 bridgehead atoms. The van der Waals surface area contributed by atoms with Gasteiger partial charge in [-0.3, -0.25) is 4.79 Å². The molecule has 2 heterocycles. The van der Waals surface area contributed by atoms with Gasteiger partial charge in [0.15, 0.2) is 5.75 Å². The molecule has 34 heavy (non-hydrogen) atoms. The molecule has 4 rings (SSSR count). The van der Waals surface area contributed by atoms with Crippen molar-refractivity contribution in [1.82, 2.24) is 9.97 Å². The number of nitrogens with zero attached hydrogens (tertiary/aromatic N) is 2. The molecule has 0 aliphatic heterocycles. The number of rotatable bonds is 7. The number of nitrogens with one attached hydrogen (secondary N) is 1. The van der Waals surface area contributed by atoms with Crippen LogP contribution in [0.3, 0.4) is 0 Å². The molecule has 0 amide bonds. The standard InChI is InChI=1S/C28H27N3O3/c1-18-8-11-20(12-9-18)26-24(13-10-19(2)30-26)34-23-14-15-29-25(17-23)31-22-7-5-6-21(16-22)28(3,4)27(32)33/h5-17H,1-4H3,(H,29,31)(H,32,33). The first kappa shape index (κ1) is 23.0.